The molecule has 1 fully saturated rings. The Bertz CT molecular complexity index is 317. The standard InChI is InChI=1S/C13H20N2O/c14-8-13(11-2-1-7-15-9-11)10-3-5-12(16)6-4-10/h3-6,11,13,15-16H,1-2,7-9,14H2. The van der Waals surface area contributed by atoms with Crippen LogP contribution in [0.1, 0.15) is 24.3 Å². The maximum absolute atomic E-state index is 9.28. The van der Waals surface area contributed by atoms with Crippen molar-refractivity contribution in [2.24, 2.45) is 11.7 Å². The lowest BCUT2D eigenvalue weighted by Crippen LogP contribution is -2.35. The van der Waals surface area contributed by atoms with Crippen molar-refractivity contribution in [3.63, 3.8) is 0 Å². The molecule has 1 aliphatic heterocycles. The summed E-state index contributed by atoms with van der Waals surface area (Å²) in [5, 5.41) is 12.7. The summed E-state index contributed by atoms with van der Waals surface area (Å²) in [6.07, 6.45) is 2.48. The summed E-state index contributed by atoms with van der Waals surface area (Å²) in [5.41, 5.74) is 7.13. The second kappa shape index (κ2) is 5.32. The van der Waals surface area contributed by atoms with E-state index in [0.29, 0.717) is 24.1 Å². The Morgan fingerprint density at radius 3 is 2.69 bits per heavy atom. The molecule has 4 N–H and O–H groups in total. The number of aromatic hydroxyl groups is 1. The molecule has 2 unspecified atom stereocenters. The summed E-state index contributed by atoms with van der Waals surface area (Å²) < 4.78 is 0. The van der Waals surface area contributed by atoms with Gasteiger partial charge in [-0.15, -0.1) is 0 Å². The van der Waals surface area contributed by atoms with Gasteiger partial charge in [-0.2, -0.15) is 0 Å². The third-order valence-electron chi connectivity index (χ3n) is 3.48. The summed E-state index contributed by atoms with van der Waals surface area (Å²) in [7, 11) is 0. The summed E-state index contributed by atoms with van der Waals surface area (Å²) in [6, 6.07) is 7.46. The van der Waals surface area contributed by atoms with E-state index < -0.39 is 0 Å². The number of phenols is 1. The summed E-state index contributed by atoms with van der Waals surface area (Å²) >= 11 is 0. The van der Waals surface area contributed by atoms with Gasteiger partial charge in [-0.25, -0.2) is 0 Å². The second-order valence-electron chi connectivity index (χ2n) is 4.54. The van der Waals surface area contributed by atoms with E-state index >= 15 is 0 Å². The summed E-state index contributed by atoms with van der Waals surface area (Å²) in [5.74, 6) is 1.36. The number of hydrogen-bond donors (Lipinski definition) is 3. The van der Waals surface area contributed by atoms with Crippen molar-refractivity contribution in [1.82, 2.24) is 5.32 Å². The fourth-order valence-electron chi connectivity index (χ4n) is 2.54. The zero-order chi connectivity index (χ0) is 11.4. The molecule has 0 radical (unpaired) electrons. The average Bonchev–Trinajstić information content (AvgIpc) is 2.34. The van der Waals surface area contributed by atoms with Crippen LogP contribution in [0.3, 0.4) is 0 Å². The van der Waals surface area contributed by atoms with Crippen LogP contribution in [0.15, 0.2) is 24.3 Å². The van der Waals surface area contributed by atoms with E-state index in [1.165, 1.54) is 18.4 Å². The van der Waals surface area contributed by atoms with E-state index in [4.69, 9.17) is 5.73 Å². The molecule has 1 heterocycles. The van der Waals surface area contributed by atoms with Gasteiger partial charge in [-0.1, -0.05) is 12.1 Å². The Labute approximate surface area is 96.7 Å². The zero-order valence-corrected chi connectivity index (χ0v) is 9.52. The van der Waals surface area contributed by atoms with Gasteiger partial charge in [0.05, 0.1) is 0 Å². The van der Waals surface area contributed by atoms with Gasteiger partial charge in [0, 0.05) is 5.92 Å². The first-order valence-electron chi connectivity index (χ1n) is 6.01. The number of phenolic OH excluding ortho intramolecular Hbond substituents is 1. The van der Waals surface area contributed by atoms with E-state index in [1.807, 2.05) is 12.1 Å². The van der Waals surface area contributed by atoms with Gasteiger partial charge in [-0.3, -0.25) is 0 Å². The Balaban J connectivity index is 2.11. The minimum Gasteiger partial charge on any atom is -0.508 e. The number of rotatable bonds is 3. The molecule has 1 aliphatic rings. The SMILES string of the molecule is NCC(c1ccc(O)cc1)C1CCCNC1. The quantitative estimate of drug-likeness (QED) is 0.722. The third-order valence-corrected chi connectivity index (χ3v) is 3.48. The van der Waals surface area contributed by atoms with Crippen LogP contribution in [0.5, 0.6) is 5.75 Å². The van der Waals surface area contributed by atoms with E-state index in [2.05, 4.69) is 5.32 Å². The average molecular weight is 220 g/mol. The molecule has 0 aliphatic carbocycles. The number of nitrogens with one attached hydrogen (secondary N) is 1. The van der Waals surface area contributed by atoms with Crippen LogP contribution < -0.4 is 11.1 Å². The molecule has 1 aromatic carbocycles. The van der Waals surface area contributed by atoms with Gasteiger partial charge < -0.3 is 16.2 Å². The molecule has 0 spiro atoms. The van der Waals surface area contributed by atoms with Crippen molar-refractivity contribution < 1.29 is 5.11 Å². The van der Waals surface area contributed by atoms with Crippen LogP contribution in [0, 0.1) is 5.92 Å². The number of benzene rings is 1. The highest BCUT2D eigenvalue weighted by molar-refractivity contribution is 5.29. The van der Waals surface area contributed by atoms with E-state index in [0.717, 1.165) is 13.1 Å². The maximum atomic E-state index is 9.28. The Morgan fingerprint density at radius 2 is 2.12 bits per heavy atom. The highest BCUT2D eigenvalue weighted by Crippen LogP contribution is 2.29. The smallest absolute Gasteiger partial charge is 0.115 e. The molecule has 3 nitrogen and oxygen atoms in total. The van der Waals surface area contributed by atoms with E-state index in [9.17, 15) is 5.11 Å². The number of piperidine rings is 1. The van der Waals surface area contributed by atoms with Crippen molar-refractivity contribution in [1.29, 1.82) is 0 Å². The van der Waals surface area contributed by atoms with E-state index in [1.54, 1.807) is 12.1 Å². The van der Waals surface area contributed by atoms with Gasteiger partial charge in [0.1, 0.15) is 5.75 Å². The molecule has 1 aromatic rings. The maximum Gasteiger partial charge on any atom is 0.115 e. The second-order valence-corrected chi connectivity index (χ2v) is 4.54. The fourth-order valence-corrected chi connectivity index (χ4v) is 2.54. The fraction of sp³-hybridized carbons (Fsp3) is 0.538. The van der Waals surface area contributed by atoms with Gasteiger partial charge in [0.25, 0.3) is 0 Å². The predicted octanol–water partition coefficient (Wildman–Crippen LogP) is 1.43. The van der Waals surface area contributed by atoms with Crippen LogP contribution in [0.25, 0.3) is 0 Å². The molecule has 2 atom stereocenters. The van der Waals surface area contributed by atoms with Gasteiger partial charge in [-0.05, 0) is 56.1 Å². The lowest BCUT2D eigenvalue weighted by Gasteiger charge is -2.30. The van der Waals surface area contributed by atoms with Gasteiger partial charge >= 0.3 is 0 Å². The van der Waals surface area contributed by atoms with Crippen molar-refractivity contribution >= 4 is 0 Å². The topological polar surface area (TPSA) is 58.3 Å². The molecule has 0 aromatic heterocycles. The first-order chi connectivity index (χ1) is 7.81. The number of hydrogen-bond acceptors (Lipinski definition) is 3. The molecular formula is C13H20N2O. The molecule has 3 heteroatoms. The van der Waals surface area contributed by atoms with Crippen LogP contribution in [0.2, 0.25) is 0 Å². The lowest BCUT2D eigenvalue weighted by atomic mass is 9.81. The Morgan fingerprint density at radius 1 is 1.38 bits per heavy atom. The highest BCUT2D eigenvalue weighted by atomic mass is 16.3. The normalized spacial score (nSPS) is 22.9. The van der Waals surface area contributed by atoms with Gasteiger partial charge in [0.15, 0.2) is 0 Å². The van der Waals surface area contributed by atoms with Crippen molar-refractivity contribution in [3.8, 4) is 5.75 Å². The van der Waals surface area contributed by atoms with Crippen molar-refractivity contribution in [3.05, 3.63) is 29.8 Å². The van der Waals surface area contributed by atoms with Crippen LogP contribution in [-0.4, -0.2) is 24.7 Å². The van der Waals surface area contributed by atoms with Crippen LogP contribution in [0.4, 0.5) is 0 Å². The number of nitrogens with two attached hydrogens (primary N) is 1. The summed E-state index contributed by atoms with van der Waals surface area (Å²) in [4.78, 5) is 0. The Kier molecular flexibility index (Phi) is 3.80. The van der Waals surface area contributed by atoms with Crippen molar-refractivity contribution in [2.75, 3.05) is 19.6 Å². The first kappa shape index (κ1) is 11.4. The molecule has 16 heavy (non-hydrogen) atoms. The third kappa shape index (κ3) is 2.54. The zero-order valence-electron chi connectivity index (χ0n) is 9.52. The van der Waals surface area contributed by atoms with Crippen LogP contribution in [-0.2, 0) is 0 Å². The molecule has 0 saturated carbocycles. The molecular weight excluding hydrogens is 200 g/mol. The predicted molar refractivity (Wildman–Crippen MR) is 65.5 cm³/mol. The lowest BCUT2D eigenvalue weighted by molar-refractivity contribution is 0.325. The van der Waals surface area contributed by atoms with Crippen molar-refractivity contribution in [2.45, 2.75) is 18.8 Å². The monoisotopic (exact) mass is 220 g/mol. The van der Waals surface area contributed by atoms with Gasteiger partial charge in [0.2, 0.25) is 0 Å². The molecule has 2 rings (SSSR count). The molecule has 1 saturated heterocycles. The summed E-state index contributed by atoms with van der Waals surface area (Å²) in [6.45, 7) is 2.86. The molecule has 0 bridgehead atoms. The minimum atomic E-state index is 0.321. The first-order valence-corrected chi connectivity index (χ1v) is 6.01. The largest absolute Gasteiger partial charge is 0.508 e. The van der Waals surface area contributed by atoms with E-state index in [-0.39, 0.29) is 0 Å². The minimum absolute atomic E-state index is 0.321. The highest BCUT2D eigenvalue weighted by Gasteiger charge is 2.23. The molecule has 88 valence electrons. The Hall–Kier alpha value is -1.06. The molecule has 0 amide bonds. The van der Waals surface area contributed by atoms with Crippen LogP contribution >= 0.6 is 0 Å².